The van der Waals surface area contributed by atoms with Crippen LogP contribution in [0.2, 0.25) is 0 Å². The largest absolute Gasteiger partial charge is 0.339 e. The van der Waals surface area contributed by atoms with E-state index in [2.05, 4.69) is 26.4 Å². The molecule has 0 spiro atoms. The number of hydrogen-bond acceptors (Lipinski definition) is 4. The molecule has 4 nitrogen and oxygen atoms in total. The summed E-state index contributed by atoms with van der Waals surface area (Å²) in [7, 11) is 0. The van der Waals surface area contributed by atoms with Gasteiger partial charge >= 0.3 is 0 Å². The molecule has 0 aliphatic rings. The molecule has 1 heterocycles. The molecule has 2 rings (SSSR count). The lowest BCUT2D eigenvalue weighted by Gasteiger charge is -2.15. The second-order valence-electron chi connectivity index (χ2n) is 4.16. The van der Waals surface area contributed by atoms with E-state index in [0.717, 1.165) is 11.0 Å². The van der Waals surface area contributed by atoms with Gasteiger partial charge in [-0.05, 0) is 18.1 Å². The van der Waals surface area contributed by atoms with Crippen LogP contribution in [0.4, 0.5) is 5.95 Å². The SMILES string of the molecule is C#CC(Nc1nnc2ccccc2n1)C(C)C. The first-order valence-electron chi connectivity index (χ1n) is 5.53. The van der Waals surface area contributed by atoms with Gasteiger partial charge in [0, 0.05) is 0 Å². The van der Waals surface area contributed by atoms with Gasteiger partial charge in [-0.2, -0.15) is 0 Å². The van der Waals surface area contributed by atoms with Crippen LogP contribution in [0.1, 0.15) is 13.8 Å². The van der Waals surface area contributed by atoms with Gasteiger partial charge in [-0.15, -0.1) is 16.6 Å². The van der Waals surface area contributed by atoms with Crippen LogP contribution in [0.3, 0.4) is 0 Å². The summed E-state index contributed by atoms with van der Waals surface area (Å²) in [6, 6.07) is 7.51. The maximum atomic E-state index is 5.45. The van der Waals surface area contributed by atoms with Crippen LogP contribution in [0.15, 0.2) is 24.3 Å². The fraction of sp³-hybridized carbons (Fsp3) is 0.308. The van der Waals surface area contributed by atoms with Crippen molar-refractivity contribution in [2.75, 3.05) is 5.32 Å². The Morgan fingerprint density at radius 2 is 1.88 bits per heavy atom. The molecule has 1 unspecified atom stereocenters. The molecule has 0 saturated heterocycles. The second-order valence-corrected chi connectivity index (χ2v) is 4.16. The Hall–Kier alpha value is -2.15. The van der Waals surface area contributed by atoms with Crippen molar-refractivity contribution < 1.29 is 0 Å². The van der Waals surface area contributed by atoms with Gasteiger partial charge in [0.05, 0.1) is 11.6 Å². The van der Waals surface area contributed by atoms with Gasteiger partial charge in [0.2, 0.25) is 5.95 Å². The van der Waals surface area contributed by atoms with Gasteiger partial charge in [0.1, 0.15) is 5.52 Å². The quantitative estimate of drug-likeness (QED) is 0.814. The van der Waals surface area contributed by atoms with E-state index >= 15 is 0 Å². The number of nitrogens with zero attached hydrogens (tertiary/aromatic N) is 3. The second kappa shape index (κ2) is 4.79. The maximum Gasteiger partial charge on any atom is 0.244 e. The van der Waals surface area contributed by atoms with Gasteiger partial charge in [-0.25, -0.2) is 4.98 Å². The van der Waals surface area contributed by atoms with Crippen molar-refractivity contribution in [1.29, 1.82) is 0 Å². The fourth-order valence-electron chi connectivity index (χ4n) is 1.48. The number of aromatic nitrogens is 3. The summed E-state index contributed by atoms with van der Waals surface area (Å²) in [5, 5.41) is 11.2. The molecule has 4 heteroatoms. The summed E-state index contributed by atoms with van der Waals surface area (Å²) in [5.74, 6) is 3.47. The molecule has 1 atom stereocenters. The minimum atomic E-state index is -0.0852. The molecular formula is C13H14N4. The Kier molecular flexibility index (Phi) is 3.20. The number of benzene rings is 1. The predicted molar refractivity (Wildman–Crippen MR) is 68.4 cm³/mol. The molecule has 0 bridgehead atoms. The van der Waals surface area contributed by atoms with Gasteiger partial charge in [-0.3, -0.25) is 0 Å². The summed E-state index contributed by atoms with van der Waals surface area (Å²) in [4.78, 5) is 4.37. The first-order valence-corrected chi connectivity index (χ1v) is 5.53. The molecule has 0 saturated carbocycles. The fourth-order valence-corrected chi connectivity index (χ4v) is 1.48. The number of rotatable bonds is 3. The number of nitrogens with one attached hydrogen (secondary N) is 1. The van der Waals surface area contributed by atoms with E-state index in [1.165, 1.54) is 0 Å². The molecule has 1 N–H and O–H groups in total. The van der Waals surface area contributed by atoms with Gasteiger partial charge < -0.3 is 5.32 Å². The van der Waals surface area contributed by atoms with Crippen LogP contribution in [-0.4, -0.2) is 21.2 Å². The summed E-state index contributed by atoms with van der Waals surface area (Å²) in [5.41, 5.74) is 1.59. The van der Waals surface area contributed by atoms with Crippen LogP contribution in [0, 0.1) is 18.3 Å². The molecule has 0 aliphatic heterocycles. The maximum absolute atomic E-state index is 5.45. The average molecular weight is 226 g/mol. The highest BCUT2D eigenvalue weighted by atomic mass is 15.2. The third-order valence-corrected chi connectivity index (χ3v) is 2.49. The molecule has 0 aliphatic carbocycles. The van der Waals surface area contributed by atoms with Crippen LogP contribution in [0.25, 0.3) is 11.0 Å². The van der Waals surface area contributed by atoms with Crippen molar-refractivity contribution in [3.8, 4) is 12.3 Å². The Morgan fingerprint density at radius 3 is 2.53 bits per heavy atom. The van der Waals surface area contributed by atoms with Crippen LogP contribution in [0.5, 0.6) is 0 Å². The topological polar surface area (TPSA) is 50.7 Å². The average Bonchev–Trinajstić information content (AvgIpc) is 2.35. The molecule has 0 fully saturated rings. The monoisotopic (exact) mass is 226 g/mol. The Morgan fingerprint density at radius 1 is 1.18 bits per heavy atom. The van der Waals surface area contributed by atoms with E-state index in [4.69, 9.17) is 6.42 Å². The number of hydrogen-bond donors (Lipinski definition) is 1. The van der Waals surface area contributed by atoms with Crippen molar-refractivity contribution in [2.45, 2.75) is 19.9 Å². The number of terminal acetylenes is 1. The first kappa shape index (κ1) is 11.3. The minimum absolute atomic E-state index is 0.0852. The first-order chi connectivity index (χ1) is 8.20. The van der Waals surface area contributed by atoms with E-state index in [1.54, 1.807) is 0 Å². The molecule has 0 radical (unpaired) electrons. The minimum Gasteiger partial charge on any atom is -0.339 e. The summed E-state index contributed by atoms with van der Waals surface area (Å²) >= 11 is 0. The molecule has 1 aromatic carbocycles. The molecular weight excluding hydrogens is 212 g/mol. The lowest BCUT2D eigenvalue weighted by atomic mass is 10.1. The van der Waals surface area contributed by atoms with Crippen molar-refractivity contribution >= 4 is 17.0 Å². The highest BCUT2D eigenvalue weighted by molar-refractivity contribution is 5.74. The predicted octanol–water partition coefficient (Wildman–Crippen LogP) is 2.09. The summed E-state index contributed by atoms with van der Waals surface area (Å²) in [6.45, 7) is 4.10. The van der Waals surface area contributed by atoms with E-state index in [-0.39, 0.29) is 6.04 Å². The summed E-state index contributed by atoms with van der Waals surface area (Å²) < 4.78 is 0. The highest BCUT2D eigenvalue weighted by Gasteiger charge is 2.11. The van der Waals surface area contributed by atoms with E-state index in [9.17, 15) is 0 Å². The lowest BCUT2D eigenvalue weighted by Crippen LogP contribution is -2.24. The van der Waals surface area contributed by atoms with Crippen LogP contribution < -0.4 is 5.32 Å². The van der Waals surface area contributed by atoms with Crippen molar-refractivity contribution in [1.82, 2.24) is 15.2 Å². The van der Waals surface area contributed by atoms with Crippen molar-refractivity contribution in [3.05, 3.63) is 24.3 Å². The van der Waals surface area contributed by atoms with E-state index in [0.29, 0.717) is 11.9 Å². The van der Waals surface area contributed by atoms with Crippen LogP contribution >= 0.6 is 0 Å². The number of para-hydroxylation sites is 1. The van der Waals surface area contributed by atoms with Crippen molar-refractivity contribution in [3.63, 3.8) is 0 Å². The Balaban J connectivity index is 2.28. The van der Waals surface area contributed by atoms with Crippen LogP contribution in [-0.2, 0) is 0 Å². The zero-order chi connectivity index (χ0) is 12.3. The van der Waals surface area contributed by atoms with E-state index in [1.807, 2.05) is 38.1 Å². The summed E-state index contributed by atoms with van der Waals surface area (Å²) in [6.07, 6.45) is 5.45. The zero-order valence-corrected chi connectivity index (χ0v) is 9.88. The third kappa shape index (κ3) is 2.51. The Labute approximate surface area is 100 Å². The third-order valence-electron chi connectivity index (χ3n) is 2.49. The highest BCUT2D eigenvalue weighted by Crippen LogP contribution is 2.11. The normalized spacial score (nSPS) is 12.4. The molecule has 2 aromatic rings. The lowest BCUT2D eigenvalue weighted by molar-refractivity contribution is 0.609. The van der Waals surface area contributed by atoms with Crippen molar-refractivity contribution in [2.24, 2.45) is 5.92 Å². The van der Waals surface area contributed by atoms with Gasteiger partial charge in [0.15, 0.2) is 0 Å². The smallest absolute Gasteiger partial charge is 0.244 e. The number of anilines is 1. The molecule has 86 valence electrons. The molecule has 17 heavy (non-hydrogen) atoms. The standard InChI is InChI=1S/C13H14N4/c1-4-10(9(2)3)14-13-15-11-7-5-6-8-12(11)16-17-13/h1,5-10H,2-3H3,(H,14,15,17). The van der Waals surface area contributed by atoms with E-state index < -0.39 is 0 Å². The zero-order valence-electron chi connectivity index (χ0n) is 9.88. The number of fused-ring (bicyclic) bond motifs is 1. The Bertz CT molecular complexity index is 557. The molecule has 0 amide bonds. The molecule has 1 aromatic heterocycles. The van der Waals surface area contributed by atoms with Gasteiger partial charge in [-0.1, -0.05) is 31.9 Å². The van der Waals surface area contributed by atoms with Gasteiger partial charge in [0.25, 0.3) is 0 Å².